The van der Waals surface area contributed by atoms with Gasteiger partial charge in [-0.05, 0) is 85.8 Å². The Balaban J connectivity index is 0.00000481. The first-order valence-corrected chi connectivity index (χ1v) is 22.5. The van der Waals surface area contributed by atoms with Crippen molar-refractivity contribution in [3.05, 3.63) is 200 Å². The van der Waals surface area contributed by atoms with Crippen LogP contribution in [0.15, 0.2) is 170 Å². The number of ether oxygens (including phenoxy) is 1. The number of rotatable bonds is 5. The summed E-state index contributed by atoms with van der Waals surface area (Å²) < 4.78 is 9.21. The van der Waals surface area contributed by atoms with Gasteiger partial charge in [0.2, 0.25) is 0 Å². The first kappa shape index (κ1) is 41.7. The van der Waals surface area contributed by atoms with Crippen LogP contribution < -0.4 is 14.5 Å². The molecule has 3 heterocycles. The maximum absolute atomic E-state index is 6.93. The molecule has 9 aromatic carbocycles. The molecule has 0 atom stereocenters. The monoisotopic (exact) mass is 1030 g/mol. The number of hydrogen-bond acceptors (Lipinski definition) is 4. The van der Waals surface area contributed by atoms with Gasteiger partial charge in [0.15, 0.2) is 0 Å². The number of anilines is 4. The van der Waals surface area contributed by atoms with Crippen LogP contribution in [0.2, 0.25) is 0 Å². The zero-order valence-corrected chi connectivity index (χ0v) is 40.0. The van der Waals surface area contributed by atoms with Crippen molar-refractivity contribution in [3.63, 3.8) is 0 Å². The number of pyridine rings is 1. The molecule has 11 aromatic rings. The largest absolute Gasteiger partial charge is 0.509 e. The number of hydrogen-bond donors (Lipinski definition) is 0. The molecule has 2 aromatic heterocycles. The van der Waals surface area contributed by atoms with Crippen molar-refractivity contribution in [1.29, 1.82) is 0 Å². The van der Waals surface area contributed by atoms with E-state index in [0.717, 1.165) is 72.2 Å². The van der Waals surface area contributed by atoms with Crippen molar-refractivity contribution in [2.45, 2.75) is 52.4 Å². The average Bonchev–Trinajstić information content (AvgIpc) is 3.86. The Bertz CT molecular complexity index is 3720. The number of aromatic nitrogens is 2. The topological polar surface area (TPSA) is 33.5 Å². The third-order valence-electron chi connectivity index (χ3n) is 13.1. The average molecular weight is 1040 g/mol. The maximum atomic E-state index is 6.93. The molecule has 12 rings (SSSR count). The van der Waals surface area contributed by atoms with Crippen molar-refractivity contribution < 1.29 is 25.8 Å². The molecule has 0 radical (unpaired) electrons. The molecule has 0 bridgehead atoms. The summed E-state index contributed by atoms with van der Waals surface area (Å²) in [4.78, 5) is 10.1. The number of nitrogens with zero attached hydrogens (tertiary/aromatic N) is 4. The third kappa shape index (κ3) is 6.83. The zero-order chi connectivity index (χ0) is 44.2. The van der Waals surface area contributed by atoms with Crippen LogP contribution in [0.5, 0.6) is 11.5 Å². The van der Waals surface area contributed by atoms with Crippen molar-refractivity contribution in [2.75, 3.05) is 9.80 Å². The van der Waals surface area contributed by atoms with Crippen molar-refractivity contribution in [3.8, 4) is 17.3 Å². The summed E-state index contributed by atoms with van der Waals surface area (Å²) in [6, 6.07) is 68.1. The third-order valence-corrected chi connectivity index (χ3v) is 13.1. The molecule has 326 valence electrons. The van der Waals surface area contributed by atoms with Gasteiger partial charge in [-0.3, -0.25) is 0 Å². The van der Waals surface area contributed by atoms with Crippen LogP contribution in [0, 0.1) is 18.8 Å². The molecule has 0 unspecified atom stereocenters. The van der Waals surface area contributed by atoms with Crippen molar-refractivity contribution in [1.82, 2.24) is 9.55 Å². The van der Waals surface area contributed by atoms with Gasteiger partial charge in [-0.25, -0.2) is 4.98 Å². The summed E-state index contributed by atoms with van der Waals surface area (Å²) >= 11 is 0. The Hall–Kier alpha value is -6.94. The molecule has 6 heteroatoms. The molecular weight excluding hydrogens is 988 g/mol. The summed E-state index contributed by atoms with van der Waals surface area (Å²) in [5.41, 5.74) is 9.39. The van der Waals surface area contributed by atoms with E-state index in [0.29, 0.717) is 11.5 Å². The minimum Gasteiger partial charge on any atom is -0.509 e. The van der Waals surface area contributed by atoms with Gasteiger partial charge in [0.05, 0.1) is 5.52 Å². The second-order valence-corrected chi connectivity index (χ2v) is 19.4. The van der Waals surface area contributed by atoms with Gasteiger partial charge in [-0.15, -0.1) is 53.6 Å². The molecular formula is C60H47N4OPt-3. The Kier molecular flexibility index (Phi) is 9.87. The fourth-order valence-corrected chi connectivity index (χ4v) is 9.74. The van der Waals surface area contributed by atoms with E-state index < -0.39 is 0 Å². The molecule has 0 fully saturated rings. The number of para-hydroxylation sites is 3. The number of benzene rings is 9. The Morgan fingerprint density at radius 3 is 1.88 bits per heavy atom. The summed E-state index contributed by atoms with van der Waals surface area (Å²) in [6.07, 6.45) is 0. The second kappa shape index (κ2) is 15.6. The van der Waals surface area contributed by atoms with Gasteiger partial charge in [-0.2, -0.15) is 6.07 Å². The Morgan fingerprint density at radius 2 is 1.14 bits per heavy atom. The minimum absolute atomic E-state index is 0. The Labute approximate surface area is 400 Å². The van der Waals surface area contributed by atoms with E-state index >= 15 is 0 Å². The molecule has 0 aliphatic carbocycles. The predicted molar refractivity (Wildman–Crippen MR) is 272 cm³/mol. The molecule has 0 amide bonds. The van der Waals surface area contributed by atoms with E-state index in [-0.39, 0.29) is 31.9 Å². The fraction of sp³-hybridized carbons (Fsp3) is 0.133. The normalized spacial score (nSPS) is 13.1. The summed E-state index contributed by atoms with van der Waals surface area (Å²) in [7, 11) is 0. The van der Waals surface area contributed by atoms with Crippen LogP contribution in [0.3, 0.4) is 0 Å². The standard InChI is InChI=1S/C60H47N4O.Pt/c1-59(2,3)40-18-15-19-42(32-40)62-37-63(54-25-14-13-24-53(54)62)43-33-41(60(4,5)6)34-45(35-43)65-44-28-30-49-48-22-11-12-23-52(48)64(55(49)36-44)58-50-29-26-38-16-7-9-20-46(38)56(50)57-47-21-10-8-17-39(47)27-31-51(57)61-58;/h7-34,37H,1-6H3;/q-3;. The first-order valence-electron chi connectivity index (χ1n) is 22.5. The predicted octanol–water partition coefficient (Wildman–Crippen LogP) is 16.2. The van der Waals surface area contributed by atoms with Crippen LogP contribution in [0.25, 0.3) is 70.8 Å². The summed E-state index contributed by atoms with van der Waals surface area (Å²) in [5.74, 6) is 2.08. The first-order chi connectivity index (χ1) is 31.5. The molecule has 0 N–H and O–H groups in total. The SMILES string of the molecule is CC(C)(C)c1cc(Oc2[c-]c3c(cc2)c2ccccc2n3-c2nc3ccc4ccccc4c3c3c2ccc2ccccc23)[c-]c(N2[CH-]N(c3cccc(C(C)(C)C)c3)c3ccccc32)c1.[Pt]. The van der Waals surface area contributed by atoms with E-state index in [1.54, 1.807) is 0 Å². The minimum atomic E-state index is -0.166. The maximum Gasteiger partial charge on any atom is 0.144 e. The van der Waals surface area contributed by atoms with Crippen LogP contribution >= 0.6 is 0 Å². The summed E-state index contributed by atoms with van der Waals surface area (Å²) in [5, 5.41) is 10.4. The van der Waals surface area contributed by atoms with E-state index in [9.17, 15) is 0 Å². The molecule has 0 saturated heterocycles. The number of fused-ring (bicyclic) bond motifs is 11. The van der Waals surface area contributed by atoms with Crippen LogP contribution in [0.1, 0.15) is 52.7 Å². The van der Waals surface area contributed by atoms with Crippen molar-refractivity contribution in [2.24, 2.45) is 0 Å². The van der Waals surface area contributed by atoms with Crippen LogP contribution in [0.4, 0.5) is 22.7 Å². The van der Waals surface area contributed by atoms with Gasteiger partial charge in [0.1, 0.15) is 5.82 Å². The molecule has 5 nitrogen and oxygen atoms in total. The molecule has 66 heavy (non-hydrogen) atoms. The van der Waals surface area contributed by atoms with E-state index in [4.69, 9.17) is 9.72 Å². The summed E-state index contributed by atoms with van der Waals surface area (Å²) in [6.45, 7) is 15.7. The zero-order valence-electron chi connectivity index (χ0n) is 37.8. The van der Waals surface area contributed by atoms with Gasteiger partial charge in [-0.1, -0.05) is 150 Å². The van der Waals surface area contributed by atoms with Gasteiger partial charge in [0, 0.05) is 71.3 Å². The van der Waals surface area contributed by atoms with Gasteiger partial charge < -0.3 is 19.1 Å². The molecule has 1 aliphatic rings. The van der Waals surface area contributed by atoms with Gasteiger partial charge in [0.25, 0.3) is 0 Å². The van der Waals surface area contributed by atoms with Crippen molar-refractivity contribution >= 4 is 87.8 Å². The molecule has 0 saturated carbocycles. The Morgan fingerprint density at radius 1 is 0.500 bits per heavy atom. The van der Waals surface area contributed by atoms with E-state index in [1.165, 1.54) is 32.5 Å². The molecule has 1 aliphatic heterocycles. The molecule has 0 spiro atoms. The van der Waals surface area contributed by atoms with E-state index in [1.807, 2.05) is 6.07 Å². The quantitative estimate of drug-likeness (QED) is 0.127. The van der Waals surface area contributed by atoms with Gasteiger partial charge >= 0.3 is 0 Å². The van der Waals surface area contributed by atoms with E-state index in [2.05, 4.69) is 239 Å². The smallest absolute Gasteiger partial charge is 0.144 e. The second-order valence-electron chi connectivity index (χ2n) is 19.4. The van der Waals surface area contributed by atoms with Crippen LogP contribution in [-0.4, -0.2) is 9.55 Å². The fourth-order valence-electron chi connectivity index (χ4n) is 9.74. The van der Waals surface area contributed by atoms with Crippen LogP contribution in [-0.2, 0) is 31.9 Å².